The minimum atomic E-state index is -0.314. The van der Waals surface area contributed by atoms with E-state index in [0.29, 0.717) is 13.2 Å². The van der Waals surface area contributed by atoms with Crippen LogP contribution in [-0.4, -0.2) is 73.3 Å². The lowest BCUT2D eigenvalue weighted by atomic mass is 9.80. The van der Waals surface area contributed by atoms with Crippen LogP contribution in [0.5, 0.6) is 0 Å². The van der Waals surface area contributed by atoms with Crippen LogP contribution >= 0.6 is 36.6 Å². The Hall–Kier alpha value is 0.280. The average Bonchev–Trinajstić information content (AvgIpc) is 2.62. The minimum Gasteiger partial charge on any atom is -0.366 e. The number of hydrogen-bond acceptors (Lipinski definition) is 5. The second kappa shape index (κ2) is 11.1. The maximum Gasteiger partial charge on any atom is 0.250 e. The third kappa shape index (κ3) is 5.64. The lowest BCUT2D eigenvalue weighted by Crippen LogP contribution is -2.60. The summed E-state index contributed by atoms with van der Waals surface area (Å²) in [5.41, 5.74) is 0.191. The third-order valence-electron chi connectivity index (χ3n) is 5.28. The Morgan fingerprint density at radius 3 is 2.54 bits per heavy atom. The highest BCUT2D eigenvalue weighted by molar-refractivity contribution is 7.99. The second-order valence-electron chi connectivity index (χ2n) is 6.67. The van der Waals surface area contributed by atoms with E-state index in [0.717, 1.165) is 13.1 Å². The Morgan fingerprint density at radius 1 is 1.21 bits per heavy atom. The summed E-state index contributed by atoms with van der Waals surface area (Å²) >= 11 is 2.05. The smallest absolute Gasteiger partial charge is 0.250 e. The summed E-state index contributed by atoms with van der Waals surface area (Å²) in [5.74, 6) is 2.51. The van der Waals surface area contributed by atoms with Gasteiger partial charge in [0.25, 0.3) is 5.91 Å². The van der Waals surface area contributed by atoms with Crippen molar-refractivity contribution >= 4 is 42.5 Å². The van der Waals surface area contributed by atoms with Crippen LogP contribution in [0.4, 0.5) is 0 Å². The molecule has 2 heterocycles. The molecule has 3 rings (SSSR count). The van der Waals surface area contributed by atoms with Gasteiger partial charge in [-0.25, -0.2) is 0 Å². The Kier molecular flexibility index (Phi) is 10.3. The van der Waals surface area contributed by atoms with E-state index < -0.39 is 0 Å². The van der Waals surface area contributed by atoms with Crippen molar-refractivity contribution in [3.63, 3.8) is 0 Å². The minimum absolute atomic E-state index is 0. The second-order valence-corrected chi connectivity index (χ2v) is 7.89. The number of carbonyl (C=O) groups is 1. The van der Waals surface area contributed by atoms with Gasteiger partial charge >= 0.3 is 0 Å². The zero-order valence-electron chi connectivity index (χ0n) is 14.3. The maximum atomic E-state index is 12.4. The van der Waals surface area contributed by atoms with E-state index in [1.165, 1.54) is 56.7 Å². The summed E-state index contributed by atoms with van der Waals surface area (Å²) in [7, 11) is 0. The number of ether oxygens (including phenoxy) is 1. The zero-order chi connectivity index (χ0) is 15.3. The first-order chi connectivity index (χ1) is 10.8. The molecule has 0 aromatic heterocycles. The Morgan fingerprint density at radius 2 is 1.92 bits per heavy atom. The zero-order valence-corrected chi connectivity index (χ0v) is 16.7. The van der Waals surface area contributed by atoms with Crippen molar-refractivity contribution in [1.29, 1.82) is 0 Å². The van der Waals surface area contributed by atoms with E-state index in [1.54, 1.807) is 0 Å². The van der Waals surface area contributed by atoms with Crippen LogP contribution in [0, 0.1) is 0 Å². The standard InChI is InChI=1S/C16H29N3O2S.2ClH/c20-15(14-12-17-6-9-21-14)18-13-16(4-2-1-3-5-16)19-7-10-22-11-8-19;;/h14,17H,1-13H2,(H,18,20);2*1H. The largest absolute Gasteiger partial charge is 0.366 e. The van der Waals surface area contributed by atoms with Crippen molar-refractivity contribution < 1.29 is 9.53 Å². The molecule has 3 aliphatic rings. The highest BCUT2D eigenvalue weighted by atomic mass is 35.5. The van der Waals surface area contributed by atoms with Crippen molar-refractivity contribution in [3.8, 4) is 0 Å². The first-order valence-electron chi connectivity index (χ1n) is 8.73. The van der Waals surface area contributed by atoms with Crippen molar-refractivity contribution in [1.82, 2.24) is 15.5 Å². The van der Waals surface area contributed by atoms with Crippen LogP contribution in [0.2, 0.25) is 0 Å². The van der Waals surface area contributed by atoms with Crippen molar-refractivity contribution in [2.24, 2.45) is 0 Å². The number of thioether (sulfide) groups is 1. The fourth-order valence-electron chi connectivity index (χ4n) is 3.95. The predicted octanol–water partition coefficient (Wildman–Crippen LogP) is 1.69. The van der Waals surface area contributed by atoms with Crippen LogP contribution in [0.3, 0.4) is 0 Å². The fraction of sp³-hybridized carbons (Fsp3) is 0.938. The van der Waals surface area contributed by atoms with E-state index >= 15 is 0 Å². The number of nitrogens with zero attached hydrogens (tertiary/aromatic N) is 1. The molecule has 8 heteroatoms. The van der Waals surface area contributed by atoms with Crippen molar-refractivity contribution in [2.75, 3.05) is 50.8 Å². The molecule has 1 saturated carbocycles. The van der Waals surface area contributed by atoms with Gasteiger partial charge in [0, 0.05) is 49.8 Å². The van der Waals surface area contributed by atoms with Gasteiger partial charge in [-0.15, -0.1) is 24.8 Å². The molecule has 1 amide bonds. The van der Waals surface area contributed by atoms with Crippen LogP contribution < -0.4 is 10.6 Å². The molecule has 2 N–H and O–H groups in total. The predicted molar refractivity (Wildman–Crippen MR) is 105 cm³/mol. The van der Waals surface area contributed by atoms with Crippen LogP contribution in [0.15, 0.2) is 0 Å². The first kappa shape index (κ1) is 22.3. The van der Waals surface area contributed by atoms with Gasteiger partial charge in [0.1, 0.15) is 6.10 Å². The molecule has 2 aliphatic heterocycles. The third-order valence-corrected chi connectivity index (χ3v) is 6.22. The summed E-state index contributed by atoms with van der Waals surface area (Å²) in [6.45, 7) is 5.24. The Balaban J connectivity index is 0.00000144. The molecule has 1 aliphatic carbocycles. The van der Waals surface area contributed by atoms with Gasteiger partial charge in [-0.3, -0.25) is 9.69 Å². The van der Waals surface area contributed by atoms with Crippen molar-refractivity contribution in [3.05, 3.63) is 0 Å². The van der Waals surface area contributed by atoms with Crippen LogP contribution in [0.1, 0.15) is 32.1 Å². The van der Waals surface area contributed by atoms with Gasteiger partial charge in [-0.1, -0.05) is 19.3 Å². The summed E-state index contributed by atoms with van der Waals surface area (Å²) in [5, 5.41) is 6.44. The van der Waals surface area contributed by atoms with Crippen molar-refractivity contribution in [2.45, 2.75) is 43.7 Å². The SMILES string of the molecule is Cl.Cl.O=C(NCC1(N2CCSCC2)CCCCC1)C1CNCCO1. The highest BCUT2D eigenvalue weighted by Crippen LogP contribution is 2.34. The Bertz CT molecular complexity index is 372. The fourth-order valence-corrected chi connectivity index (χ4v) is 4.85. The lowest BCUT2D eigenvalue weighted by molar-refractivity contribution is -0.135. The summed E-state index contributed by atoms with van der Waals surface area (Å²) in [6, 6.07) is 0. The molecular formula is C16H31Cl2N3O2S. The molecule has 1 atom stereocenters. The van der Waals surface area contributed by atoms with Gasteiger partial charge in [-0.05, 0) is 12.8 Å². The molecule has 5 nitrogen and oxygen atoms in total. The maximum absolute atomic E-state index is 12.4. The first-order valence-corrected chi connectivity index (χ1v) is 9.88. The molecule has 0 bridgehead atoms. The molecule has 142 valence electrons. The summed E-state index contributed by atoms with van der Waals surface area (Å²) < 4.78 is 5.57. The molecule has 24 heavy (non-hydrogen) atoms. The van der Waals surface area contributed by atoms with Gasteiger partial charge in [-0.2, -0.15) is 11.8 Å². The van der Waals surface area contributed by atoms with Gasteiger partial charge < -0.3 is 15.4 Å². The number of hydrogen-bond donors (Lipinski definition) is 2. The van der Waals surface area contributed by atoms with E-state index in [4.69, 9.17) is 4.74 Å². The number of carbonyl (C=O) groups excluding carboxylic acids is 1. The van der Waals surface area contributed by atoms with E-state index in [2.05, 4.69) is 27.3 Å². The summed E-state index contributed by atoms with van der Waals surface area (Å²) in [4.78, 5) is 15.0. The molecule has 0 spiro atoms. The molecule has 0 radical (unpaired) electrons. The van der Waals surface area contributed by atoms with Gasteiger partial charge in [0.2, 0.25) is 0 Å². The van der Waals surface area contributed by atoms with E-state index in [9.17, 15) is 4.79 Å². The normalized spacial score (nSPS) is 27.4. The summed E-state index contributed by atoms with van der Waals surface area (Å²) in [6.07, 6.45) is 6.06. The molecule has 0 aromatic carbocycles. The van der Waals surface area contributed by atoms with Crippen LogP contribution in [-0.2, 0) is 9.53 Å². The topological polar surface area (TPSA) is 53.6 Å². The van der Waals surface area contributed by atoms with E-state index in [-0.39, 0.29) is 42.4 Å². The Labute approximate surface area is 162 Å². The number of amides is 1. The average molecular weight is 400 g/mol. The highest BCUT2D eigenvalue weighted by Gasteiger charge is 2.39. The molecule has 0 aromatic rings. The molecule has 1 unspecified atom stereocenters. The monoisotopic (exact) mass is 399 g/mol. The van der Waals surface area contributed by atoms with Gasteiger partial charge in [0.05, 0.1) is 6.61 Å². The molecular weight excluding hydrogens is 369 g/mol. The van der Waals surface area contributed by atoms with E-state index in [1.807, 2.05) is 0 Å². The molecule has 3 fully saturated rings. The number of nitrogens with one attached hydrogen (secondary N) is 2. The lowest BCUT2D eigenvalue weighted by Gasteiger charge is -2.48. The number of rotatable bonds is 4. The van der Waals surface area contributed by atoms with Gasteiger partial charge in [0.15, 0.2) is 0 Å². The quantitative estimate of drug-likeness (QED) is 0.752. The number of morpholine rings is 1. The van der Waals surface area contributed by atoms with Crippen LogP contribution in [0.25, 0.3) is 0 Å². The number of halogens is 2. The molecule has 2 saturated heterocycles.